The zero-order valence-electron chi connectivity index (χ0n) is 14.0. The molecule has 0 saturated carbocycles. The second-order valence-corrected chi connectivity index (χ2v) is 6.63. The Hall–Kier alpha value is -2.01. The summed E-state index contributed by atoms with van der Waals surface area (Å²) in [6.45, 7) is 5.04. The molecule has 0 aromatic heterocycles. The van der Waals surface area contributed by atoms with E-state index in [1.54, 1.807) is 12.1 Å². The summed E-state index contributed by atoms with van der Waals surface area (Å²) in [6.07, 6.45) is 0. The Bertz CT molecular complexity index is 653. The second-order valence-electron chi connectivity index (χ2n) is 5.53. The van der Waals surface area contributed by atoms with Gasteiger partial charge in [-0.3, -0.25) is 4.79 Å². The zero-order valence-corrected chi connectivity index (χ0v) is 14.8. The first-order valence-corrected chi connectivity index (χ1v) is 8.99. The smallest absolute Gasteiger partial charge is 0.230 e. The fraction of sp³-hybridized carbons (Fsp3) is 0.316. The molecular formula is C19H22FNO2S. The second kappa shape index (κ2) is 9.33. The summed E-state index contributed by atoms with van der Waals surface area (Å²) in [5, 5.41) is 2.82. The minimum absolute atomic E-state index is 0.0311. The number of hydrogen-bond donors (Lipinski definition) is 1. The van der Waals surface area contributed by atoms with Crippen molar-refractivity contribution in [1.29, 1.82) is 0 Å². The minimum Gasteiger partial charge on any atom is -0.492 e. The van der Waals surface area contributed by atoms with Gasteiger partial charge in [-0.05, 0) is 42.7 Å². The van der Waals surface area contributed by atoms with Gasteiger partial charge < -0.3 is 10.1 Å². The zero-order chi connectivity index (χ0) is 17.4. The maximum absolute atomic E-state index is 12.8. The average Bonchev–Trinajstić information content (AvgIpc) is 2.56. The van der Waals surface area contributed by atoms with Gasteiger partial charge >= 0.3 is 0 Å². The van der Waals surface area contributed by atoms with Crippen LogP contribution in [0.15, 0.2) is 42.5 Å². The predicted molar refractivity (Wildman–Crippen MR) is 97.0 cm³/mol. The van der Waals surface area contributed by atoms with Crippen LogP contribution in [0.25, 0.3) is 0 Å². The number of halogens is 1. The van der Waals surface area contributed by atoms with Gasteiger partial charge in [0.05, 0.1) is 12.4 Å². The Kier molecular flexibility index (Phi) is 7.12. The molecule has 2 aromatic rings. The Morgan fingerprint density at radius 1 is 1.12 bits per heavy atom. The third kappa shape index (κ3) is 5.89. The summed E-state index contributed by atoms with van der Waals surface area (Å²) in [5.41, 5.74) is 3.13. The highest BCUT2D eigenvalue weighted by Gasteiger charge is 2.04. The molecule has 128 valence electrons. The minimum atomic E-state index is -0.274. The molecule has 2 rings (SSSR count). The van der Waals surface area contributed by atoms with E-state index in [2.05, 4.69) is 5.32 Å². The average molecular weight is 347 g/mol. The number of nitrogens with one attached hydrogen (secondary N) is 1. The molecule has 0 bridgehead atoms. The van der Waals surface area contributed by atoms with E-state index in [0.29, 0.717) is 18.9 Å². The standard InChI is InChI=1S/C19H22FNO2S/c1-14-4-3-5-15(2)19(14)23-10-11-24-13-18(22)21-12-16-6-8-17(20)9-7-16/h3-9H,10-13H2,1-2H3,(H,21,22). The summed E-state index contributed by atoms with van der Waals surface area (Å²) < 4.78 is 18.6. The molecule has 1 N–H and O–H groups in total. The largest absolute Gasteiger partial charge is 0.492 e. The quantitative estimate of drug-likeness (QED) is 0.737. The molecule has 3 nitrogen and oxygen atoms in total. The molecule has 0 aliphatic rings. The molecule has 0 heterocycles. The summed E-state index contributed by atoms with van der Waals surface area (Å²) >= 11 is 1.53. The Morgan fingerprint density at radius 2 is 1.79 bits per heavy atom. The van der Waals surface area contributed by atoms with E-state index in [4.69, 9.17) is 4.74 Å². The van der Waals surface area contributed by atoms with Crippen molar-refractivity contribution in [3.05, 3.63) is 65.0 Å². The highest BCUT2D eigenvalue weighted by molar-refractivity contribution is 7.99. The van der Waals surface area contributed by atoms with Crippen LogP contribution in [-0.2, 0) is 11.3 Å². The van der Waals surface area contributed by atoms with Crippen molar-refractivity contribution in [2.75, 3.05) is 18.1 Å². The van der Waals surface area contributed by atoms with Gasteiger partial charge in [-0.25, -0.2) is 4.39 Å². The highest BCUT2D eigenvalue weighted by atomic mass is 32.2. The van der Waals surface area contributed by atoms with Crippen LogP contribution in [0, 0.1) is 19.7 Å². The van der Waals surface area contributed by atoms with Crippen molar-refractivity contribution in [3.8, 4) is 5.75 Å². The first kappa shape index (κ1) is 18.3. The number of thioether (sulfide) groups is 1. The van der Waals surface area contributed by atoms with Gasteiger partial charge in [0.1, 0.15) is 11.6 Å². The van der Waals surface area contributed by atoms with Gasteiger partial charge in [0, 0.05) is 12.3 Å². The monoisotopic (exact) mass is 347 g/mol. The SMILES string of the molecule is Cc1cccc(C)c1OCCSCC(=O)NCc1ccc(F)cc1. The number of ether oxygens (including phenoxy) is 1. The molecule has 0 aliphatic heterocycles. The number of para-hydroxylation sites is 1. The summed E-state index contributed by atoms with van der Waals surface area (Å²) in [5.74, 6) is 1.76. The van der Waals surface area contributed by atoms with Crippen molar-refractivity contribution < 1.29 is 13.9 Å². The van der Waals surface area contributed by atoms with Gasteiger partial charge in [0.2, 0.25) is 5.91 Å². The maximum atomic E-state index is 12.8. The highest BCUT2D eigenvalue weighted by Crippen LogP contribution is 2.22. The van der Waals surface area contributed by atoms with E-state index in [9.17, 15) is 9.18 Å². The number of benzene rings is 2. The molecule has 2 aromatic carbocycles. The van der Waals surface area contributed by atoms with Crippen LogP contribution in [-0.4, -0.2) is 24.0 Å². The molecule has 24 heavy (non-hydrogen) atoms. The summed E-state index contributed by atoms with van der Waals surface area (Å²) in [4.78, 5) is 11.8. The van der Waals surface area contributed by atoms with E-state index >= 15 is 0 Å². The third-order valence-electron chi connectivity index (χ3n) is 3.52. The van der Waals surface area contributed by atoms with Crippen LogP contribution in [0.5, 0.6) is 5.75 Å². The molecule has 0 aliphatic carbocycles. The molecule has 0 fully saturated rings. The van der Waals surface area contributed by atoms with Crippen molar-refractivity contribution in [2.45, 2.75) is 20.4 Å². The van der Waals surface area contributed by atoms with Gasteiger partial charge in [0.15, 0.2) is 0 Å². The maximum Gasteiger partial charge on any atom is 0.230 e. The van der Waals surface area contributed by atoms with Gasteiger partial charge in [0.25, 0.3) is 0 Å². The Labute approximate surface area is 146 Å². The fourth-order valence-corrected chi connectivity index (χ4v) is 2.88. The van der Waals surface area contributed by atoms with Crippen LogP contribution in [0.3, 0.4) is 0 Å². The van der Waals surface area contributed by atoms with Gasteiger partial charge in [-0.2, -0.15) is 0 Å². The van der Waals surface area contributed by atoms with Crippen LogP contribution < -0.4 is 10.1 Å². The lowest BCUT2D eigenvalue weighted by molar-refractivity contribution is -0.118. The number of carbonyl (C=O) groups excluding carboxylic acids is 1. The molecule has 0 saturated heterocycles. The number of aryl methyl sites for hydroxylation is 2. The van der Waals surface area contributed by atoms with Crippen molar-refractivity contribution >= 4 is 17.7 Å². The molecular weight excluding hydrogens is 325 g/mol. The first-order chi connectivity index (χ1) is 11.6. The number of carbonyl (C=O) groups is 1. The Morgan fingerprint density at radius 3 is 2.46 bits per heavy atom. The summed E-state index contributed by atoms with van der Waals surface area (Å²) in [7, 11) is 0. The molecule has 1 amide bonds. The van der Waals surface area contributed by atoms with Crippen LogP contribution in [0.4, 0.5) is 4.39 Å². The predicted octanol–water partition coefficient (Wildman–Crippen LogP) is 3.87. The molecule has 0 atom stereocenters. The third-order valence-corrected chi connectivity index (χ3v) is 4.44. The van der Waals surface area contributed by atoms with Gasteiger partial charge in [-0.1, -0.05) is 30.3 Å². The van der Waals surface area contributed by atoms with Crippen LogP contribution >= 0.6 is 11.8 Å². The Balaban J connectivity index is 1.62. The van der Waals surface area contributed by atoms with Crippen LogP contribution in [0.1, 0.15) is 16.7 Å². The first-order valence-electron chi connectivity index (χ1n) is 7.84. The topological polar surface area (TPSA) is 38.3 Å². The van der Waals surface area contributed by atoms with Crippen LogP contribution in [0.2, 0.25) is 0 Å². The summed E-state index contributed by atoms with van der Waals surface area (Å²) in [6, 6.07) is 12.2. The molecule has 5 heteroatoms. The van der Waals surface area contributed by atoms with E-state index in [1.165, 1.54) is 23.9 Å². The van der Waals surface area contributed by atoms with E-state index in [1.807, 2.05) is 32.0 Å². The molecule has 0 spiro atoms. The lowest BCUT2D eigenvalue weighted by atomic mass is 10.1. The van der Waals surface area contributed by atoms with Crippen molar-refractivity contribution in [1.82, 2.24) is 5.32 Å². The number of hydrogen-bond acceptors (Lipinski definition) is 3. The number of amides is 1. The van der Waals surface area contributed by atoms with Gasteiger partial charge in [-0.15, -0.1) is 11.8 Å². The lowest BCUT2D eigenvalue weighted by Gasteiger charge is -2.11. The fourth-order valence-electron chi connectivity index (χ4n) is 2.25. The van der Waals surface area contributed by atoms with E-state index in [-0.39, 0.29) is 11.7 Å². The normalized spacial score (nSPS) is 10.5. The molecule has 0 unspecified atom stereocenters. The lowest BCUT2D eigenvalue weighted by Crippen LogP contribution is -2.25. The molecule has 0 radical (unpaired) electrons. The van der Waals surface area contributed by atoms with Crippen molar-refractivity contribution in [3.63, 3.8) is 0 Å². The van der Waals surface area contributed by atoms with E-state index < -0.39 is 0 Å². The van der Waals surface area contributed by atoms with E-state index in [0.717, 1.165) is 28.2 Å². The number of rotatable bonds is 8. The van der Waals surface area contributed by atoms with Crippen molar-refractivity contribution in [2.24, 2.45) is 0 Å².